The van der Waals surface area contributed by atoms with Crippen LogP contribution in [0.25, 0.3) is 0 Å². The smallest absolute Gasteiger partial charge is 0.298 e. The van der Waals surface area contributed by atoms with Crippen molar-refractivity contribution >= 4 is 6.47 Å². The first-order chi connectivity index (χ1) is 5.86. The third-order valence-corrected chi connectivity index (χ3v) is 1.23. The highest BCUT2D eigenvalue weighted by Crippen LogP contribution is 2.16. The molecule has 1 aromatic rings. The number of carbonyl (C=O) groups excluding carboxylic acids is 1. The molecule has 0 aliphatic heterocycles. The van der Waals surface area contributed by atoms with E-state index in [1.807, 2.05) is 0 Å². The van der Waals surface area contributed by atoms with Gasteiger partial charge in [0, 0.05) is 0 Å². The molecular formula is C9H8O3. The molecule has 3 heteroatoms. The highest BCUT2D eigenvalue weighted by Gasteiger charge is 1.92. The van der Waals surface area contributed by atoms with Crippen LogP contribution in [0.3, 0.4) is 0 Å². The first-order valence-corrected chi connectivity index (χ1v) is 3.34. The van der Waals surface area contributed by atoms with E-state index in [1.54, 1.807) is 24.3 Å². The van der Waals surface area contributed by atoms with Crippen LogP contribution in [0, 0.1) is 0 Å². The van der Waals surface area contributed by atoms with E-state index < -0.39 is 0 Å². The summed E-state index contributed by atoms with van der Waals surface area (Å²) >= 11 is 0. The van der Waals surface area contributed by atoms with Gasteiger partial charge in [-0.15, -0.1) is 0 Å². The zero-order chi connectivity index (χ0) is 8.81. The van der Waals surface area contributed by atoms with Crippen molar-refractivity contribution in [2.24, 2.45) is 0 Å². The molecule has 0 spiro atoms. The van der Waals surface area contributed by atoms with E-state index in [-0.39, 0.29) is 0 Å². The lowest BCUT2D eigenvalue weighted by Gasteiger charge is -2.00. The minimum absolute atomic E-state index is 0.378. The number of hydrogen-bond acceptors (Lipinski definition) is 3. The Morgan fingerprint density at radius 2 is 1.58 bits per heavy atom. The van der Waals surface area contributed by atoms with Crippen LogP contribution in [0.1, 0.15) is 0 Å². The Bertz CT molecular complexity index is 235. The van der Waals surface area contributed by atoms with Crippen molar-refractivity contribution in [1.29, 1.82) is 0 Å². The van der Waals surface area contributed by atoms with E-state index in [0.717, 1.165) is 0 Å². The molecule has 1 aromatic carbocycles. The predicted molar refractivity (Wildman–Crippen MR) is 44.0 cm³/mol. The molecule has 0 aliphatic carbocycles. The quantitative estimate of drug-likeness (QED) is 0.502. The van der Waals surface area contributed by atoms with Crippen molar-refractivity contribution < 1.29 is 14.3 Å². The first-order valence-electron chi connectivity index (χ1n) is 3.34. The van der Waals surface area contributed by atoms with Crippen LogP contribution in [-0.4, -0.2) is 6.47 Å². The van der Waals surface area contributed by atoms with Crippen molar-refractivity contribution in [3.63, 3.8) is 0 Å². The van der Waals surface area contributed by atoms with Gasteiger partial charge in [0.15, 0.2) is 0 Å². The summed E-state index contributed by atoms with van der Waals surface area (Å²) in [6.07, 6.45) is 1.33. The molecule has 3 nitrogen and oxygen atoms in total. The standard InChI is InChI=1S/C9H8O3/c1-2-11-8-3-5-9(6-4-8)12-7-10/h2-7H,1H2. The maximum atomic E-state index is 9.92. The zero-order valence-corrected chi connectivity index (χ0v) is 6.40. The van der Waals surface area contributed by atoms with Crippen LogP contribution in [0.5, 0.6) is 11.5 Å². The van der Waals surface area contributed by atoms with Crippen LogP contribution in [0.2, 0.25) is 0 Å². The van der Waals surface area contributed by atoms with E-state index in [1.165, 1.54) is 6.26 Å². The van der Waals surface area contributed by atoms with Gasteiger partial charge < -0.3 is 9.47 Å². The molecule has 0 fully saturated rings. The van der Waals surface area contributed by atoms with Crippen molar-refractivity contribution in [1.82, 2.24) is 0 Å². The average molecular weight is 164 g/mol. The fourth-order valence-electron chi connectivity index (χ4n) is 0.749. The Morgan fingerprint density at radius 1 is 1.08 bits per heavy atom. The van der Waals surface area contributed by atoms with Crippen molar-refractivity contribution in [2.45, 2.75) is 0 Å². The minimum atomic E-state index is 0.378. The Morgan fingerprint density at radius 3 is 2.00 bits per heavy atom. The van der Waals surface area contributed by atoms with Gasteiger partial charge in [0.25, 0.3) is 6.47 Å². The predicted octanol–water partition coefficient (Wildman–Crippen LogP) is 1.74. The molecule has 0 N–H and O–H groups in total. The van der Waals surface area contributed by atoms with Gasteiger partial charge in [-0.05, 0) is 24.3 Å². The largest absolute Gasteiger partial charge is 0.466 e. The molecule has 0 amide bonds. The lowest BCUT2D eigenvalue weighted by Crippen LogP contribution is -1.87. The minimum Gasteiger partial charge on any atom is -0.466 e. The second-order valence-corrected chi connectivity index (χ2v) is 1.97. The van der Waals surface area contributed by atoms with Crippen LogP contribution in [0.15, 0.2) is 37.1 Å². The fourth-order valence-corrected chi connectivity index (χ4v) is 0.749. The molecule has 1 rings (SSSR count). The Balaban J connectivity index is 2.70. The second kappa shape index (κ2) is 4.18. The van der Waals surface area contributed by atoms with Crippen LogP contribution >= 0.6 is 0 Å². The summed E-state index contributed by atoms with van der Waals surface area (Å²) in [5.74, 6) is 1.14. The summed E-state index contributed by atoms with van der Waals surface area (Å²) in [5.41, 5.74) is 0. The Hall–Kier alpha value is -1.77. The first kappa shape index (κ1) is 8.33. The number of hydrogen-bond donors (Lipinski definition) is 0. The Kier molecular flexibility index (Phi) is 2.90. The van der Waals surface area contributed by atoms with Gasteiger partial charge in [-0.3, -0.25) is 4.79 Å². The Labute approximate surface area is 70.2 Å². The molecule has 0 aliphatic rings. The molecule has 0 radical (unpaired) electrons. The van der Waals surface area contributed by atoms with E-state index in [0.29, 0.717) is 18.0 Å². The van der Waals surface area contributed by atoms with E-state index >= 15 is 0 Å². The summed E-state index contributed by atoms with van der Waals surface area (Å²) in [4.78, 5) is 9.92. The molecule has 0 aromatic heterocycles. The number of carbonyl (C=O) groups is 1. The second-order valence-electron chi connectivity index (χ2n) is 1.97. The maximum Gasteiger partial charge on any atom is 0.298 e. The third-order valence-electron chi connectivity index (χ3n) is 1.23. The van der Waals surface area contributed by atoms with Gasteiger partial charge in [-0.25, -0.2) is 0 Å². The van der Waals surface area contributed by atoms with Crippen LogP contribution in [0.4, 0.5) is 0 Å². The molecule has 0 atom stereocenters. The SMILES string of the molecule is C=COc1ccc(OC=O)cc1. The van der Waals surface area contributed by atoms with E-state index in [4.69, 9.17) is 4.74 Å². The number of rotatable bonds is 4. The van der Waals surface area contributed by atoms with E-state index in [9.17, 15) is 4.79 Å². The van der Waals surface area contributed by atoms with Gasteiger partial charge in [0.05, 0.1) is 6.26 Å². The summed E-state index contributed by atoms with van der Waals surface area (Å²) < 4.78 is 9.54. The normalized spacial score (nSPS) is 8.67. The van der Waals surface area contributed by atoms with E-state index in [2.05, 4.69) is 11.3 Å². The molecule has 62 valence electrons. The molecule has 0 unspecified atom stereocenters. The highest BCUT2D eigenvalue weighted by molar-refractivity contribution is 5.45. The molecule has 0 saturated carbocycles. The molecule has 0 saturated heterocycles. The van der Waals surface area contributed by atoms with Crippen molar-refractivity contribution in [3.05, 3.63) is 37.1 Å². The lowest BCUT2D eigenvalue weighted by atomic mass is 10.3. The van der Waals surface area contributed by atoms with Crippen LogP contribution in [-0.2, 0) is 4.79 Å². The molecule has 0 heterocycles. The van der Waals surface area contributed by atoms with Crippen molar-refractivity contribution in [3.8, 4) is 11.5 Å². The molecular weight excluding hydrogens is 156 g/mol. The summed E-state index contributed by atoms with van der Waals surface area (Å²) in [6.45, 7) is 3.78. The van der Waals surface area contributed by atoms with Gasteiger partial charge in [0.2, 0.25) is 0 Å². The lowest BCUT2D eigenvalue weighted by molar-refractivity contribution is -0.120. The maximum absolute atomic E-state index is 9.92. The summed E-state index contributed by atoms with van der Waals surface area (Å²) in [5, 5.41) is 0. The van der Waals surface area contributed by atoms with Gasteiger partial charge in [-0.1, -0.05) is 6.58 Å². The summed E-state index contributed by atoms with van der Waals surface area (Å²) in [7, 11) is 0. The van der Waals surface area contributed by atoms with Gasteiger partial charge in [-0.2, -0.15) is 0 Å². The third kappa shape index (κ3) is 2.12. The zero-order valence-electron chi connectivity index (χ0n) is 6.40. The van der Waals surface area contributed by atoms with Crippen molar-refractivity contribution in [2.75, 3.05) is 0 Å². The fraction of sp³-hybridized carbons (Fsp3) is 0. The van der Waals surface area contributed by atoms with Gasteiger partial charge in [0.1, 0.15) is 11.5 Å². The topological polar surface area (TPSA) is 35.5 Å². The number of benzene rings is 1. The average Bonchev–Trinajstić information content (AvgIpc) is 2.09. The van der Waals surface area contributed by atoms with Gasteiger partial charge >= 0.3 is 0 Å². The molecule has 12 heavy (non-hydrogen) atoms. The monoisotopic (exact) mass is 164 g/mol. The number of ether oxygens (including phenoxy) is 2. The highest BCUT2D eigenvalue weighted by atomic mass is 16.5. The molecule has 0 bridgehead atoms. The van der Waals surface area contributed by atoms with Crippen LogP contribution < -0.4 is 9.47 Å². The summed E-state index contributed by atoms with van der Waals surface area (Å²) in [6, 6.07) is 6.63.